The minimum atomic E-state index is 0.620. The number of nitrogens with zero attached hydrogens (tertiary/aromatic N) is 2. The van der Waals surface area contributed by atoms with Crippen molar-refractivity contribution in [3.8, 4) is 0 Å². The van der Waals surface area contributed by atoms with Gasteiger partial charge in [0.1, 0.15) is 12.2 Å². The van der Waals surface area contributed by atoms with Crippen LogP contribution in [0.2, 0.25) is 0 Å². The molecule has 4 nitrogen and oxygen atoms in total. The van der Waals surface area contributed by atoms with Crippen molar-refractivity contribution in [2.75, 3.05) is 0 Å². The van der Waals surface area contributed by atoms with Crippen LogP contribution < -0.4 is 5.32 Å². The van der Waals surface area contributed by atoms with Gasteiger partial charge in [-0.05, 0) is 25.7 Å². The molecule has 1 aliphatic carbocycles. The molecule has 0 spiro atoms. The predicted octanol–water partition coefficient (Wildman–Crippen LogP) is 0.693. The maximum absolute atomic E-state index is 4.04. The van der Waals surface area contributed by atoms with E-state index in [0.717, 1.165) is 18.3 Å². The number of hydrogen-bond donors (Lipinski definition) is 2. The largest absolute Gasteiger partial charge is 0.307 e. The van der Waals surface area contributed by atoms with E-state index in [1.165, 1.54) is 12.8 Å². The van der Waals surface area contributed by atoms with E-state index in [2.05, 4.69) is 27.4 Å². The van der Waals surface area contributed by atoms with Crippen LogP contribution in [0, 0.1) is 5.92 Å². The fraction of sp³-hybridized carbons (Fsp3) is 0.750. The number of hydrogen-bond acceptors (Lipinski definition) is 3. The van der Waals surface area contributed by atoms with Gasteiger partial charge in [-0.25, -0.2) is 4.98 Å². The Bertz CT molecular complexity index is 227. The maximum atomic E-state index is 4.04. The Morgan fingerprint density at radius 2 is 2.58 bits per heavy atom. The van der Waals surface area contributed by atoms with Crippen molar-refractivity contribution in [1.82, 2.24) is 20.5 Å². The predicted molar refractivity (Wildman–Crippen MR) is 45.4 cm³/mol. The normalized spacial score (nSPS) is 19.4. The topological polar surface area (TPSA) is 53.6 Å². The van der Waals surface area contributed by atoms with Crippen LogP contribution in [-0.2, 0) is 6.54 Å². The number of nitrogens with one attached hydrogen (secondary N) is 2. The molecule has 1 atom stereocenters. The van der Waals surface area contributed by atoms with Gasteiger partial charge >= 0.3 is 0 Å². The Morgan fingerprint density at radius 3 is 3.17 bits per heavy atom. The monoisotopic (exact) mass is 166 g/mol. The third kappa shape index (κ3) is 1.82. The molecule has 1 fully saturated rings. The minimum absolute atomic E-state index is 0.620. The van der Waals surface area contributed by atoms with Crippen LogP contribution in [0.4, 0.5) is 0 Å². The second-order valence-electron chi connectivity index (χ2n) is 3.44. The van der Waals surface area contributed by atoms with E-state index in [4.69, 9.17) is 0 Å². The highest BCUT2D eigenvalue weighted by atomic mass is 15.2. The van der Waals surface area contributed by atoms with Crippen molar-refractivity contribution in [2.24, 2.45) is 5.92 Å². The molecule has 1 saturated carbocycles. The summed E-state index contributed by atoms with van der Waals surface area (Å²) in [5.74, 6) is 1.82. The number of H-pyrrole nitrogens is 1. The van der Waals surface area contributed by atoms with Crippen molar-refractivity contribution in [2.45, 2.75) is 32.4 Å². The highest BCUT2D eigenvalue weighted by Gasteiger charge is 2.27. The zero-order chi connectivity index (χ0) is 8.39. The first-order valence-corrected chi connectivity index (χ1v) is 4.44. The first-order chi connectivity index (χ1) is 5.86. The first-order valence-electron chi connectivity index (χ1n) is 4.44. The lowest BCUT2D eigenvalue weighted by molar-refractivity contribution is 0.488. The van der Waals surface area contributed by atoms with Crippen molar-refractivity contribution >= 4 is 0 Å². The molecule has 4 heteroatoms. The molecule has 0 aromatic carbocycles. The molecule has 0 aliphatic heterocycles. The Morgan fingerprint density at radius 1 is 1.75 bits per heavy atom. The molecule has 2 N–H and O–H groups in total. The van der Waals surface area contributed by atoms with Gasteiger partial charge in [0.15, 0.2) is 0 Å². The van der Waals surface area contributed by atoms with E-state index in [0.29, 0.717) is 6.04 Å². The van der Waals surface area contributed by atoms with Gasteiger partial charge in [0.2, 0.25) is 0 Å². The second-order valence-corrected chi connectivity index (χ2v) is 3.44. The quantitative estimate of drug-likeness (QED) is 0.692. The van der Waals surface area contributed by atoms with Gasteiger partial charge < -0.3 is 5.32 Å². The fourth-order valence-electron chi connectivity index (χ4n) is 1.34. The van der Waals surface area contributed by atoms with Crippen LogP contribution in [0.15, 0.2) is 6.33 Å². The first kappa shape index (κ1) is 7.73. The molecule has 1 aromatic rings. The highest BCUT2D eigenvalue weighted by Crippen LogP contribution is 2.32. The van der Waals surface area contributed by atoms with Gasteiger partial charge in [-0.3, -0.25) is 5.10 Å². The highest BCUT2D eigenvalue weighted by molar-refractivity contribution is 4.86. The zero-order valence-corrected chi connectivity index (χ0v) is 7.25. The van der Waals surface area contributed by atoms with Gasteiger partial charge in [-0.2, -0.15) is 5.10 Å². The van der Waals surface area contributed by atoms with E-state index in [-0.39, 0.29) is 0 Å². The lowest BCUT2D eigenvalue weighted by Crippen LogP contribution is -2.27. The van der Waals surface area contributed by atoms with Crippen LogP contribution >= 0.6 is 0 Å². The fourth-order valence-corrected chi connectivity index (χ4v) is 1.34. The SMILES string of the molecule is CC(NCc1ncn[nH]1)C1CC1. The van der Waals surface area contributed by atoms with Gasteiger partial charge in [-0.15, -0.1) is 0 Å². The smallest absolute Gasteiger partial charge is 0.138 e. The van der Waals surface area contributed by atoms with E-state index in [1.54, 1.807) is 6.33 Å². The molecule has 12 heavy (non-hydrogen) atoms. The average molecular weight is 166 g/mol. The summed E-state index contributed by atoms with van der Waals surface area (Å²) in [7, 11) is 0. The Kier molecular flexibility index (Phi) is 2.08. The summed E-state index contributed by atoms with van der Waals surface area (Å²) in [5.41, 5.74) is 0. The zero-order valence-electron chi connectivity index (χ0n) is 7.25. The van der Waals surface area contributed by atoms with Gasteiger partial charge in [0, 0.05) is 6.04 Å². The van der Waals surface area contributed by atoms with E-state index in [9.17, 15) is 0 Å². The van der Waals surface area contributed by atoms with Crippen molar-refractivity contribution in [3.63, 3.8) is 0 Å². The molecule has 1 aromatic heterocycles. The summed E-state index contributed by atoms with van der Waals surface area (Å²) in [4.78, 5) is 4.04. The molecule has 66 valence electrons. The Hall–Kier alpha value is -0.900. The van der Waals surface area contributed by atoms with Crippen molar-refractivity contribution < 1.29 is 0 Å². The number of aromatic nitrogens is 3. The van der Waals surface area contributed by atoms with E-state index < -0.39 is 0 Å². The van der Waals surface area contributed by atoms with Gasteiger partial charge in [-0.1, -0.05) is 0 Å². The molecular weight excluding hydrogens is 152 g/mol. The van der Waals surface area contributed by atoms with Gasteiger partial charge in [0.05, 0.1) is 6.54 Å². The second kappa shape index (κ2) is 3.23. The lowest BCUT2D eigenvalue weighted by Gasteiger charge is -2.10. The van der Waals surface area contributed by atoms with E-state index >= 15 is 0 Å². The van der Waals surface area contributed by atoms with Crippen LogP contribution in [0.3, 0.4) is 0 Å². The summed E-state index contributed by atoms with van der Waals surface area (Å²) >= 11 is 0. The standard InChI is InChI=1S/C8H14N4/c1-6(7-2-3-7)9-4-8-10-5-11-12-8/h5-7,9H,2-4H2,1H3,(H,10,11,12). The molecule has 1 unspecified atom stereocenters. The van der Waals surface area contributed by atoms with Gasteiger partial charge in [0.25, 0.3) is 0 Å². The number of aromatic amines is 1. The summed E-state index contributed by atoms with van der Waals surface area (Å²) < 4.78 is 0. The lowest BCUT2D eigenvalue weighted by atomic mass is 10.2. The maximum Gasteiger partial charge on any atom is 0.138 e. The molecule has 0 radical (unpaired) electrons. The Labute approximate surface area is 71.8 Å². The van der Waals surface area contributed by atoms with Crippen LogP contribution in [0.5, 0.6) is 0 Å². The average Bonchev–Trinajstić information content (AvgIpc) is 2.80. The van der Waals surface area contributed by atoms with E-state index in [1.807, 2.05) is 0 Å². The summed E-state index contributed by atoms with van der Waals surface area (Å²) in [6, 6.07) is 0.620. The van der Waals surface area contributed by atoms with Crippen molar-refractivity contribution in [1.29, 1.82) is 0 Å². The van der Waals surface area contributed by atoms with Crippen LogP contribution in [-0.4, -0.2) is 21.2 Å². The molecule has 1 aliphatic rings. The minimum Gasteiger partial charge on any atom is -0.307 e. The molecule has 0 amide bonds. The molecule has 1 heterocycles. The molecule has 0 saturated heterocycles. The Balaban J connectivity index is 1.74. The van der Waals surface area contributed by atoms with Crippen LogP contribution in [0.1, 0.15) is 25.6 Å². The van der Waals surface area contributed by atoms with Crippen molar-refractivity contribution in [3.05, 3.63) is 12.2 Å². The molecule has 2 rings (SSSR count). The molecule has 0 bridgehead atoms. The molecular formula is C8H14N4. The summed E-state index contributed by atoms with van der Waals surface area (Å²) in [6.45, 7) is 3.03. The number of rotatable bonds is 4. The third-order valence-electron chi connectivity index (χ3n) is 2.39. The van der Waals surface area contributed by atoms with Crippen LogP contribution in [0.25, 0.3) is 0 Å². The summed E-state index contributed by atoms with van der Waals surface area (Å²) in [6.07, 6.45) is 4.30. The summed E-state index contributed by atoms with van der Waals surface area (Å²) in [5, 5.41) is 10.0. The third-order valence-corrected chi connectivity index (χ3v) is 2.39.